The Kier molecular flexibility index (Phi) is 3.66. The van der Waals surface area contributed by atoms with E-state index in [4.69, 9.17) is 5.10 Å². The lowest BCUT2D eigenvalue weighted by Gasteiger charge is -2.13. The van der Waals surface area contributed by atoms with Crippen LogP contribution >= 0.6 is 0 Å². The van der Waals surface area contributed by atoms with Gasteiger partial charge in [-0.3, -0.25) is 9.59 Å². The van der Waals surface area contributed by atoms with E-state index in [1.807, 2.05) is 60.7 Å². The molecule has 0 spiro atoms. The van der Waals surface area contributed by atoms with Crippen LogP contribution in [0.2, 0.25) is 0 Å². The van der Waals surface area contributed by atoms with Gasteiger partial charge in [0.15, 0.2) is 0 Å². The molecule has 0 saturated carbocycles. The van der Waals surface area contributed by atoms with Crippen LogP contribution in [-0.2, 0) is 0 Å². The van der Waals surface area contributed by atoms with E-state index in [9.17, 15) is 9.59 Å². The van der Waals surface area contributed by atoms with Crippen molar-refractivity contribution in [1.29, 1.82) is 0 Å². The van der Waals surface area contributed by atoms with Crippen molar-refractivity contribution in [3.63, 3.8) is 0 Å². The molecule has 4 aromatic rings. The molecular formula is C23H15N3O2. The Morgan fingerprint density at radius 1 is 0.643 bits per heavy atom. The molecule has 0 radical (unpaired) electrons. The molecule has 2 heterocycles. The highest BCUT2D eigenvalue weighted by molar-refractivity contribution is 6.35. The maximum Gasteiger partial charge on any atom is 0.266 e. The fourth-order valence-electron chi connectivity index (χ4n) is 3.45. The van der Waals surface area contributed by atoms with Gasteiger partial charge in [0.1, 0.15) is 5.69 Å². The molecule has 1 aromatic heterocycles. The van der Waals surface area contributed by atoms with E-state index in [2.05, 4.69) is 0 Å². The Hall–Kier alpha value is -3.99. The van der Waals surface area contributed by atoms with Crippen LogP contribution in [-0.4, -0.2) is 21.6 Å². The summed E-state index contributed by atoms with van der Waals surface area (Å²) in [5, 5.41) is 4.70. The molecule has 0 bridgehead atoms. The molecular weight excluding hydrogens is 350 g/mol. The van der Waals surface area contributed by atoms with E-state index in [1.54, 1.807) is 35.1 Å². The van der Waals surface area contributed by atoms with Crippen LogP contribution < -0.4 is 4.90 Å². The summed E-state index contributed by atoms with van der Waals surface area (Å²) < 4.78 is 1.70. The van der Waals surface area contributed by atoms with Gasteiger partial charge in [-0.25, -0.2) is 9.58 Å². The number of para-hydroxylation sites is 1. The lowest BCUT2D eigenvalue weighted by Crippen LogP contribution is -2.29. The van der Waals surface area contributed by atoms with Crippen LogP contribution in [0.1, 0.15) is 20.7 Å². The molecule has 0 N–H and O–H groups in total. The lowest BCUT2D eigenvalue weighted by atomic mass is 10.1. The molecule has 2 amide bonds. The number of nitrogens with zero attached hydrogens (tertiary/aromatic N) is 3. The number of fused-ring (bicyclic) bond motifs is 1. The van der Waals surface area contributed by atoms with Crippen molar-refractivity contribution in [2.75, 3.05) is 4.90 Å². The van der Waals surface area contributed by atoms with E-state index in [0.717, 1.165) is 11.3 Å². The standard InChI is InChI=1S/C23H15N3O2/c27-22-18-13-7-8-14-19(18)23(28)26(22)20-15-25(17-11-5-2-6-12-17)24-21(20)16-9-3-1-4-10-16/h1-15H. The Labute approximate surface area is 161 Å². The van der Waals surface area contributed by atoms with Crippen LogP contribution in [0.25, 0.3) is 16.9 Å². The fraction of sp³-hybridized carbons (Fsp3) is 0. The van der Waals surface area contributed by atoms with Gasteiger partial charge in [-0.15, -0.1) is 0 Å². The summed E-state index contributed by atoms with van der Waals surface area (Å²) in [5.74, 6) is -0.657. The normalized spacial score (nSPS) is 13.1. The molecule has 28 heavy (non-hydrogen) atoms. The first-order valence-electron chi connectivity index (χ1n) is 8.92. The Morgan fingerprint density at radius 2 is 1.18 bits per heavy atom. The third-order valence-corrected chi connectivity index (χ3v) is 4.80. The predicted molar refractivity (Wildman–Crippen MR) is 107 cm³/mol. The largest absolute Gasteiger partial charge is 0.268 e. The van der Waals surface area contributed by atoms with Gasteiger partial charge in [0, 0.05) is 5.56 Å². The number of rotatable bonds is 3. The highest BCUT2D eigenvalue weighted by atomic mass is 16.2. The molecule has 0 atom stereocenters. The monoisotopic (exact) mass is 365 g/mol. The third-order valence-electron chi connectivity index (χ3n) is 4.80. The maximum atomic E-state index is 13.0. The molecule has 1 aliphatic rings. The second kappa shape index (κ2) is 6.32. The number of carbonyl (C=O) groups is 2. The number of amides is 2. The number of hydrogen-bond acceptors (Lipinski definition) is 3. The fourth-order valence-corrected chi connectivity index (χ4v) is 3.45. The number of hydrogen-bond donors (Lipinski definition) is 0. The molecule has 134 valence electrons. The summed E-state index contributed by atoms with van der Waals surface area (Å²) in [4.78, 5) is 27.2. The van der Waals surface area contributed by atoms with Crippen LogP contribution in [0.4, 0.5) is 5.69 Å². The van der Waals surface area contributed by atoms with Crippen molar-refractivity contribution in [3.05, 3.63) is 102 Å². The van der Waals surface area contributed by atoms with Crippen molar-refractivity contribution >= 4 is 17.5 Å². The highest BCUT2D eigenvalue weighted by Crippen LogP contribution is 2.35. The minimum absolute atomic E-state index is 0.328. The zero-order valence-corrected chi connectivity index (χ0v) is 14.8. The van der Waals surface area contributed by atoms with Crippen LogP contribution in [0, 0.1) is 0 Å². The number of benzene rings is 3. The van der Waals surface area contributed by atoms with Crippen molar-refractivity contribution < 1.29 is 9.59 Å². The van der Waals surface area contributed by atoms with E-state index < -0.39 is 0 Å². The molecule has 5 heteroatoms. The number of anilines is 1. The van der Waals surface area contributed by atoms with Gasteiger partial charge in [0.05, 0.1) is 28.7 Å². The third kappa shape index (κ3) is 2.45. The number of carbonyl (C=O) groups excluding carboxylic acids is 2. The summed E-state index contributed by atoms with van der Waals surface area (Å²) in [6, 6.07) is 26.1. The minimum atomic E-state index is -0.328. The lowest BCUT2D eigenvalue weighted by molar-refractivity contribution is 0.0926. The quantitative estimate of drug-likeness (QED) is 0.508. The van der Waals surface area contributed by atoms with Crippen LogP contribution in [0.15, 0.2) is 91.1 Å². The zero-order valence-electron chi connectivity index (χ0n) is 14.8. The smallest absolute Gasteiger partial charge is 0.266 e. The summed E-state index contributed by atoms with van der Waals surface area (Å²) >= 11 is 0. The number of aromatic nitrogens is 2. The predicted octanol–water partition coefficient (Wildman–Crippen LogP) is 4.34. The summed E-state index contributed by atoms with van der Waals surface area (Å²) in [6.07, 6.45) is 1.74. The average molecular weight is 365 g/mol. The second-order valence-corrected chi connectivity index (χ2v) is 6.50. The minimum Gasteiger partial charge on any atom is -0.268 e. The maximum absolute atomic E-state index is 13.0. The Morgan fingerprint density at radius 3 is 1.79 bits per heavy atom. The van der Waals surface area contributed by atoms with Crippen LogP contribution in [0.5, 0.6) is 0 Å². The van der Waals surface area contributed by atoms with E-state index in [0.29, 0.717) is 22.5 Å². The molecule has 0 saturated heterocycles. The van der Waals surface area contributed by atoms with Gasteiger partial charge >= 0.3 is 0 Å². The summed E-state index contributed by atoms with van der Waals surface area (Å²) in [7, 11) is 0. The SMILES string of the molecule is O=C1c2ccccc2C(=O)N1c1cn(-c2ccccc2)nc1-c1ccccc1. The molecule has 5 rings (SSSR count). The van der Waals surface area contributed by atoms with E-state index in [-0.39, 0.29) is 11.8 Å². The Bertz CT molecular complexity index is 1160. The summed E-state index contributed by atoms with van der Waals surface area (Å²) in [6.45, 7) is 0. The van der Waals surface area contributed by atoms with Gasteiger partial charge in [0.25, 0.3) is 11.8 Å². The zero-order chi connectivity index (χ0) is 19.1. The molecule has 3 aromatic carbocycles. The van der Waals surface area contributed by atoms with Crippen molar-refractivity contribution in [2.45, 2.75) is 0 Å². The summed E-state index contributed by atoms with van der Waals surface area (Å²) in [5.41, 5.74) is 3.57. The van der Waals surface area contributed by atoms with Crippen molar-refractivity contribution in [2.24, 2.45) is 0 Å². The highest BCUT2D eigenvalue weighted by Gasteiger charge is 2.38. The number of imide groups is 1. The molecule has 0 unspecified atom stereocenters. The van der Waals surface area contributed by atoms with Crippen molar-refractivity contribution in [3.8, 4) is 16.9 Å². The molecule has 0 fully saturated rings. The van der Waals surface area contributed by atoms with Gasteiger partial charge in [-0.05, 0) is 24.3 Å². The molecule has 0 aliphatic carbocycles. The first kappa shape index (κ1) is 16.2. The van der Waals surface area contributed by atoms with E-state index >= 15 is 0 Å². The second-order valence-electron chi connectivity index (χ2n) is 6.50. The Balaban J connectivity index is 1.70. The van der Waals surface area contributed by atoms with E-state index in [1.165, 1.54) is 4.90 Å². The van der Waals surface area contributed by atoms with Gasteiger partial charge < -0.3 is 0 Å². The van der Waals surface area contributed by atoms with Gasteiger partial charge in [-0.1, -0.05) is 60.7 Å². The first-order chi connectivity index (χ1) is 13.7. The first-order valence-corrected chi connectivity index (χ1v) is 8.92. The topological polar surface area (TPSA) is 55.2 Å². The molecule has 5 nitrogen and oxygen atoms in total. The van der Waals surface area contributed by atoms with Crippen LogP contribution in [0.3, 0.4) is 0 Å². The van der Waals surface area contributed by atoms with Gasteiger partial charge in [-0.2, -0.15) is 5.10 Å². The molecule has 1 aliphatic heterocycles. The van der Waals surface area contributed by atoms with Gasteiger partial charge in [0.2, 0.25) is 0 Å². The van der Waals surface area contributed by atoms with Crippen molar-refractivity contribution in [1.82, 2.24) is 9.78 Å². The average Bonchev–Trinajstić information content (AvgIpc) is 3.29.